The summed E-state index contributed by atoms with van der Waals surface area (Å²) in [4.78, 5) is 23.4. The Hall–Kier alpha value is -3.23. The van der Waals surface area contributed by atoms with Gasteiger partial charge in [0.15, 0.2) is 0 Å². The largest absolute Gasteiger partial charge is 0.361 e. The van der Waals surface area contributed by atoms with E-state index < -0.39 is 0 Å². The van der Waals surface area contributed by atoms with Gasteiger partial charge in [-0.2, -0.15) is 5.10 Å². The van der Waals surface area contributed by atoms with Crippen LogP contribution in [0.4, 0.5) is 5.95 Å². The van der Waals surface area contributed by atoms with Crippen LogP contribution in [0, 0.1) is 19.8 Å². The van der Waals surface area contributed by atoms with Gasteiger partial charge < -0.3 is 14.7 Å². The van der Waals surface area contributed by atoms with E-state index in [2.05, 4.69) is 25.5 Å². The quantitative estimate of drug-likeness (QED) is 0.748. The summed E-state index contributed by atoms with van der Waals surface area (Å²) in [6, 6.07) is 3.72. The van der Waals surface area contributed by atoms with Gasteiger partial charge in [0.05, 0.1) is 17.9 Å². The van der Waals surface area contributed by atoms with Crippen LogP contribution in [0.2, 0.25) is 0 Å². The van der Waals surface area contributed by atoms with Gasteiger partial charge in [-0.1, -0.05) is 5.16 Å². The summed E-state index contributed by atoms with van der Waals surface area (Å²) in [7, 11) is 0. The first kappa shape index (κ1) is 17.2. The fourth-order valence-electron chi connectivity index (χ4n) is 3.39. The van der Waals surface area contributed by atoms with Crippen molar-refractivity contribution in [2.75, 3.05) is 18.4 Å². The molecule has 0 spiro atoms. The lowest BCUT2D eigenvalue weighted by atomic mass is 10.1. The Morgan fingerprint density at radius 1 is 1.26 bits per heavy atom. The molecular weight excluding hydrogens is 346 g/mol. The number of hydrogen-bond acceptors (Lipinski definition) is 7. The highest BCUT2D eigenvalue weighted by Crippen LogP contribution is 2.21. The molecule has 1 unspecified atom stereocenters. The van der Waals surface area contributed by atoms with E-state index in [1.54, 1.807) is 38.5 Å². The number of nitrogens with one attached hydrogen (secondary N) is 1. The highest BCUT2D eigenvalue weighted by Gasteiger charge is 2.29. The van der Waals surface area contributed by atoms with Crippen molar-refractivity contribution < 1.29 is 9.32 Å². The molecule has 1 amide bonds. The molecule has 0 fully saturated rings. The van der Waals surface area contributed by atoms with Crippen molar-refractivity contribution in [1.82, 2.24) is 29.8 Å². The Bertz CT molecular complexity index is 915. The number of aryl methyl sites for hydroxylation is 2. The van der Waals surface area contributed by atoms with Gasteiger partial charge in [-0.15, -0.1) is 0 Å². The average Bonchev–Trinajstić information content (AvgIpc) is 3.20. The number of carbonyl (C=O) groups excluding carboxylic acids is 1. The molecule has 1 N–H and O–H groups in total. The van der Waals surface area contributed by atoms with Crippen LogP contribution in [-0.4, -0.2) is 48.8 Å². The van der Waals surface area contributed by atoms with Crippen LogP contribution < -0.4 is 5.32 Å². The van der Waals surface area contributed by atoms with Crippen LogP contribution >= 0.6 is 0 Å². The van der Waals surface area contributed by atoms with Gasteiger partial charge in [-0.25, -0.2) is 9.97 Å². The van der Waals surface area contributed by atoms with Gasteiger partial charge in [0.1, 0.15) is 11.3 Å². The molecule has 0 saturated heterocycles. The smallest absolute Gasteiger partial charge is 0.259 e. The van der Waals surface area contributed by atoms with E-state index in [1.807, 2.05) is 15.6 Å². The Morgan fingerprint density at radius 2 is 2.07 bits per heavy atom. The SMILES string of the molecule is Cc1noc(C)c1C(=O)N1Cc2ccnn2CC(CNc2ncccn2)C1. The summed E-state index contributed by atoms with van der Waals surface area (Å²) < 4.78 is 7.14. The second kappa shape index (κ2) is 7.18. The number of fused-ring (bicyclic) bond motifs is 1. The first-order valence-electron chi connectivity index (χ1n) is 8.85. The average molecular weight is 367 g/mol. The predicted molar refractivity (Wildman–Crippen MR) is 97.0 cm³/mol. The molecule has 27 heavy (non-hydrogen) atoms. The minimum atomic E-state index is -0.0677. The van der Waals surface area contributed by atoms with E-state index in [0.717, 1.165) is 5.69 Å². The maximum Gasteiger partial charge on any atom is 0.259 e. The Morgan fingerprint density at radius 3 is 2.81 bits per heavy atom. The van der Waals surface area contributed by atoms with Crippen LogP contribution in [0.25, 0.3) is 0 Å². The minimum Gasteiger partial charge on any atom is -0.361 e. The Kier molecular flexibility index (Phi) is 4.57. The topological polar surface area (TPSA) is 102 Å². The number of anilines is 1. The van der Waals surface area contributed by atoms with Crippen molar-refractivity contribution in [2.45, 2.75) is 26.9 Å². The molecule has 1 atom stereocenters. The Labute approximate surface area is 156 Å². The first-order chi connectivity index (χ1) is 13.1. The lowest BCUT2D eigenvalue weighted by Crippen LogP contribution is -2.36. The van der Waals surface area contributed by atoms with Gasteiger partial charge in [-0.3, -0.25) is 9.48 Å². The molecule has 9 nitrogen and oxygen atoms in total. The third-order valence-electron chi connectivity index (χ3n) is 4.72. The molecule has 4 heterocycles. The summed E-state index contributed by atoms with van der Waals surface area (Å²) in [6.45, 7) is 5.99. The maximum atomic E-state index is 13.2. The van der Waals surface area contributed by atoms with Gasteiger partial charge >= 0.3 is 0 Å². The number of aromatic nitrogens is 5. The monoisotopic (exact) mass is 367 g/mol. The molecule has 1 aliphatic rings. The van der Waals surface area contributed by atoms with Gasteiger partial charge in [-0.05, 0) is 26.0 Å². The molecule has 0 radical (unpaired) electrons. The van der Waals surface area contributed by atoms with Crippen LogP contribution in [0.3, 0.4) is 0 Å². The van der Waals surface area contributed by atoms with E-state index in [-0.39, 0.29) is 11.8 Å². The van der Waals surface area contributed by atoms with Crippen molar-refractivity contribution in [2.24, 2.45) is 5.92 Å². The molecule has 140 valence electrons. The van der Waals surface area contributed by atoms with Gasteiger partial charge in [0, 0.05) is 44.1 Å². The lowest BCUT2D eigenvalue weighted by Gasteiger charge is -2.24. The van der Waals surface area contributed by atoms with E-state index in [0.29, 0.717) is 49.1 Å². The fraction of sp³-hybridized carbons (Fsp3) is 0.389. The molecule has 0 aromatic carbocycles. The molecular formula is C18H21N7O2. The van der Waals surface area contributed by atoms with E-state index >= 15 is 0 Å². The minimum absolute atomic E-state index is 0.0677. The van der Waals surface area contributed by atoms with Crippen molar-refractivity contribution in [3.8, 4) is 0 Å². The summed E-state index contributed by atoms with van der Waals surface area (Å²) in [6.07, 6.45) is 5.16. The summed E-state index contributed by atoms with van der Waals surface area (Å²) in [5, 5.41) is 11.6. The molecule has 0 aliphatic carbocycles. The molecule has 1 aliphatic heterocycles. The molecule has 4 rings (SSSR count). The standard InChI is InChI=1S/C18H21N7O2/c1-12-16(13(2)27-23-12)17(26)24-9-14(8-21-18-19-5-3-6-20-18)10-25-15(11-24)4-7-22-25/h3-7,14H,8-11H2,1-2H3,(H,19,20,21). The third kappa shape index (κ3) is 3.53. The number of amides is 1. The predicted octanol–water partition coefficient (Wildman–Crippen LogP) is 1.66. The third-order valence-corrected chi connectivity index (χ3v) is 4.72. The molecule has 3 aromatic heterocycles. The zero-order chi connectivity index (χ0) is 18.8. The number of nitrogens with zero attached hydrogens (tertiary/aromatic N) is 6. The molecule has 0 bridgehead atoms. The van der Waals surface area contributed by atoms with E-state index in [4.69, 9.17) is 4.52 Å². The van der Waals surface area contributed by atoms with Crippen LogP contribution in [0.15, 0.2) is 35.2 Å². The van der Waals surface area contributed by atoms with E-state index in [1.165, 1.54) is 0 Å². The van der Waals surface area contributed by atoms with Crippen molar-refractivity contribution in [3.05, 3.63) is 53.4 Å². The van der Waals surface area contributed by atoms with Crippen LogP contribution in [0.5, 0.6) is 0 Å². The van der Waals surface area contributed by atoms with Gasteiger partial charge in [0.25, 0.3) is 5.91 Å². The summed E-state index contributed by atoms with van der Waals surface area (Å²) in [5.41, 5.74) is 2.16. The van der Waals surface area contributed by atoms with Gasteiger partial charge in [0.2, 0.25) is 5.95 Å². The number of carbonyl (C=O) groups is 1. The molecule has 0 saturated carbocycles. The zero-order valence-electron chi connectivity index (χ0n) is 15.3. The summed E-state index contributed by atoms with van der Waals surface area (Å²) in [5.74, 6) is 1.20. The fourth-order valence-corrected chi connectivity index (χ4v) is 3.39. The van der Waals surface area contributed by atoms with Crippen molar-refractivity contribution >= 4 is 11.9 Å². The highest BCUT2D eigenvalue weighted by atomic mass is 16.5. The number of rotatable bonds is 4. The molecule has 3 aromatic rings. The van der Waals surface area contributed by atoms with Crippen molar-refractivity contribution in [3.63, 3.8) is 0 Å². The van der Waals surface area contributed by atoms with Crippen molar-refractivity contribution in [1.29, 1.82) is 0 Å². The van der Waals surface area contributed by atoms with Crippen LogP contribution in [0.1, 0.15) is 27.5 Å². The van der Waals surface area contributed by atoms with Crippen LogP contribution in [-0.2, 0) is 13.1 Å². The van der Waals surface area contributed by atoms with E-state index in [9.17, 15) is 4.79 Å². The Balaban J connectivity index is 1.56. The molecule has 9 heteroatoms. The maximum absolute atomic E-state index is 13.2. The second-order valence-corrected chi connectivity index (χ2v) is 6.71. The second-order valence-electron chi connectivity index (χ2n) is 6.71. The highest BCUT2D eigenvalue weighted by molar-refractivity contribution is 5.96. The summed E-state index contributed by atoms with van der Waals surface area (Å²) >= 11 is 0. The lowest BCUT2D eigenvalue weighted by molar-refractivity contribution is 0.0721. The normalized spacial score (nSPS) is 16.7. The zero-order valence-corrected chi connectivity index (χ0v) is 15.3. The number of hydrogen-bond donors (Lipinski definition) is 1. The first-order valence-corrected chi connectivity index (χ1v) is 8.85.